The summed E-state index contributed by atoms with van der Waals surface area (Å²) in [6.45, 7) is 12.6. The fourth-order valence-corrected chi connectivity index (χ4v) is 5.58. The van der Waals surface area contributed by atoms with E-state index in [-0.39, 0.29) is 11.8 Å². The van der Waals surface area contributed by atoms with E-state index in [1.807, 2.05) is 13.8 Å². The van der Waals surface area contributed by atoms with Crippen molar-refractivity contribution in [2.45, 2.75) is 124 Å². The molecule has 1 aliphatic rings. The average Bonchev–Trinajstić information content (AvgIpc) is 2.77. The highest BCUT2D eigenvalue weighted by Crippen LogP contribution is 2.45. The molecule has 2 N–H and O–H groups in total. The molecule has 0 saturated heterocycles. The number of hydrogen-bond donors (Lipinski definition) is 2. The molecule has 2 unspecified atom stereocenters. The first-order valence-electron chi connectivity index (χ1n) is 13.2. The van der Waals surface area contributed by atoms with Crippen molar-refractivity contribution < 1.29 is 23.8 Å². The Morgan fingerprint density at radius 1 is 1.03 bits per heavy atom. The maximum Gasteiger partial charge on any atom is 0.329 e. The molecule has 1 aromatic carbocycles. The van der Waals surface area contributed by atoms with Crippen molar-refractivity contribution in [3.05, 3.63) is 34.4 Å². The summed E-state index contributed by atoms with van der Waals surface area (Å²) in [6, 6.07) is 0. The maximum absolute atomic E-state index is 11.7. The summed E-state index contributed by atoms with van der Waals surface area (Å²) < 4.78 is 24.6. The van der Waals surface area contributed by atoms with Gasteiger partial charge in [-0.1, -0.05) is 58.4 Å². The first kappa shape index (κ1) is 28.9. The zero-order valence-electron chi connectivity index (χ0n) is 22.3. The van der Waals surface area contributed by atoms with Crippen LogP contribution in [0.4, 0.5) is 0 Å². The zero-order chi connectivity index (χ0) is 25.4. The number of rotatable bonds is 14. The van der Waals surface area contributed by atoms with Gasteiger partial charge in [0, 0.05) is 5.56 Å². The Morgan fingerprint density at radius 3 is 2.35 bits per heavy atom. The topological polar surface area (TPSA) is 76.0 Å². The monoisotopic (exact) mass is 494 g/mol. The van der Waals surface area contributed by atoms with Crippen LogP contribution in [0, 0.1) is 20.8 Å². The number of hydrogen-bond acceptors (Lipinski definition) is 3. The molecular weight excluding hydrogens is 447 g/mol. The van der Waals surface area contributed by atoms with E-state index >= 15 is 0 Å². The van der Waals surface area contributed by atoms with Gasteiger partial charge in [0.25, 0.3) is 0 Å². The molecule has 1 heterocycles. The lowest BCUT2D eigenvalue weighted by Gasteiger charge is -2.37. The standard InChI is InChI=1S/C28H47O5P/c1-7-9-11-12-13-14-15-18-28(6)19-17-25-23(5)26(21(3)22(4)27(25)33-28)32-24(16-10-8-2)20-34(29,30)31/h15,18,24H,7-14,16-17,19-20H2,1-6H3,(H2,29,30,31)/b18-15+. The Morgan fingerprint density at radius 2 is 1.71 bits per heavy atom. The van der Waals surface area contributed by atoms with Crippen LogP contribution < -0.4 is 9.47 Å². The summed E-state index contributed by atoms with van der Waals surface area (Å²) in [4.78, 5) is 19.1. The number of benzene rings is 1. The molecule has 0 spiro atoms. The highest BCUT2D eigenvalue weighted by atomic mass is 31.2. The van der Waals surface area contributed by atoms with Gasteiger partial charge in [0.15, 0.2) is 0 Å². The Labute approximate surface area is 207 Å². The van der Waals surface area contributed by atoms with Crippen LogP contribution >= 0.6 is 7.60 Å². The summed E-state index contributed by atoms with van der Waals surface area (Å²) >= 11 is 0. The normalized spacial score (nSPS) is 19.2. The minimum atomic E-state index is -4.16. The third kappa shape index (κ3) is 8.43. The van der Waals surface area contributed by atoms with E-state index in [9.17, 15) is 14.4 Å². The van der Waals surface area contributed by atoms with Crippen molar-refractivity contribution in [3.63, 3.8) is 0 Å². The molecule has 2 atom stereocenters. The molecule has 34 heavy (non-hydrogen) atoms. The summed E-state index contributed by atoms with van der Waals surface area (Å²) in [6.07, 6.45) is 15.6. The lowest BCUT2D eigenvalue weighted by molar-refractivity contribution is 0.112. The number of ether oxygens (including phenoxy) is 2. The third-order valence-electron chi connectivity index (χ3n) is 7.07. The summed E-state index contributed by atoms with van der Waals surface area (Å²) in [5.41, 5.74) is 3.93. The Balaban J connectivity index is 2.19. The van der Waals surface area contributed by atoms with Crippen LogP contribution in [-0.4, -0.2) is 27.7 Å². The zero-order valence-corrected chi connectivity index (χ0v) is 23.2. The second kappa shape index (κ2) is 13.1. The molecule has 5 nitrogen and oxygen atoms in total. The number of allylic oxidation sites excluding steroid dienone is 1. The Kier molecular flexibility index (Phi) is 11.2. The molecule has 0 radical (unpaired) electrons. The minimum absolute atomic E-state index is 0.250. The predicted octanol–water partition coefficient (Wildman–Crippen LogP) is 7.73. The molecule has 194 valence electrons. The highest BCUT2D eigenvalue weighted by molar-refractivity contribution is 7.51. The van der Waals surface area contributed by atoms with Crippen LogP contribution in [0.2, 0.25) is 0 Å². The van der Waals surface area contributed by atoms with E-state index in [0.717, 1.165) is 65.9 Å². The fourth-order valence-electron chi connectivity index (χ4n) is 4.80. The summed E-state index contributed by atoms with van der Waals surface area (Å²) in [5.74, 6) is 1.71. The molecule has 1 aliphatic heterocycles. The van der Waals surface area contributed by atoms with Crippen LogP contribution in [0.1, 0.15) is 107 Å². The minimum Gasteiger partial charge on any atom is -0.489 e. The van der Waals surface area contributed by atoms with Crippen molar-refractivity contribution in [1.29, 1.82) is 0 Å². The second-order valence-electron chi connectivity index (χ2n) is 10.3. The summed E-state index contributed by atoms with van der Waals surface area (Å²) in [5, 5.41) is 0. The van der Waals surface area contributed by atoms with Gasteiger partial charge in [-0.25, -0.2) is 0 Å². The van der Waals surface area contributed by atoms with Gasteiger partial charge in [0.1, 0.15) is 23.2 Å². The lowest BCUT2D eigenvalue weighted by atomic mass is 9.86. The molecule has 0 aliphatic carbocycles. The van der Waals surface area contributed by atoms with Crippen LogP contribution in [0.25, 0.3) is 0 Å². The molecular formula is C28H47O5P. The van der Waals surface area contributed by atoms with E-state index in [4.69, 9.17) is 9.47 Å². The van der Waals surface area contributed by atoms with Crippen molar-refractivity contribution in [2.24, 2.45) is 0 Å². The lowest BCUT2D eigenvalue weighted by Crippen LogP contribution is -2.35. The van der Waals surface area contributed by atoms with E-state index in [1.165, 1.54) is 32.1 Å². The van der Waals surface area contributed by atoms with Gasteiger partial charge in [0.2, 0.25) is 0 Å². The smallest absolute Gasteiger partial charge is 0.329 e. The van der Waals surface area contributed by atoms with Crippen molar-refractivity contribution in [3.8, 4) is 11.5 Å². The molecule has 0 amide bonds. The highest BCUT2D eigenvalue weighted by Gasteiger charge is 2.33. The van der Waals surface area contributed by atoms with Gasteiger partial charge in [-0.15, -0.1) is 0 Å². The molecule has 0 fully saturated rings. The van der Waals surface area contributed by atoms with Gasteiger partial charge in [-0.3, -0.25) is 4.57 Å². The first-order valence-corrected chi connectivity index (χ1v) is 15.0. The largest absolute Gasteiger partial charge is 0.489 e. The van der Waals surface area contributed by atoms with E-state index in [2.05, 4.69) is 39.8 Å². The maximum atomic E-state index is 11.7. The fraction of sp³-hybridized carbons (Fsp3) is 0.714. The van der Waals surface area contributed by atoms with Gasteiger partial charge >= 0.3 is 7.60 Å². The molecule has 0 aromatic heterocycles. The number of fused-ring (bicyclic) bond motifs is 1. The van der Waals surface area contributed by atoms with Crippen LogP contribution in [0.5, 0.6) is 11.5 Å². The third-order valence-corrected chi connectivity index (χ3v) is 7.95. The predicted molar refractivity (Wildman–Crippen MR) is 141 cm³/mol. The summed E-state index contributed by atoms with van der Waals surface area (Å²) in [7, 11) is -4.16. The Bertz CT molecular complexity index is 872. The SMILES string of the molecule is CCCCCCC/C=C/C1(C)CCc2c(C)c(OC(CCCC)CP(=O)(O)O)c(C)c(C)c2O1. The van der Waals surface area contributed by atoms with Gasteiger partial charge in [-0.05, 0) is 82.6 Å². The van der Waals surface area contributed by atoms with Crippen molar-refractivity contribution in [2.75, 3.05) is 6.16 Å². The second-order valence-corrected chi connectivity index (χ2v) is 12.0. The molecule has 0 saturated carbocycles. The van der Waals surface area contributed by atoms with Gasteiger partial charge in [-0.2, -0.15) is 0 Å². The van der Waals surface area contributed by atoms with Crippen molar-refractivity contribution >= 4 is 7.60 Å². The quantitative estimate of drug-likeness (QED) is 0.157. The van der Waals surface area contributed by atoms with Gasteiger partial charge < -0.3 is 19.3 Å². The van der Waals surface area contributed by atoms with Crippen LogP contribution in [0.3, 0.4) is 0 Å². The van der Waals surface area contributed by atoms with E-state index in [1.54, 1.807) is 0 Å². The average molecular weight is 495 g/mol. The van der Waals surface area contributed by atoms with Crippen LogP contribution in [0.15, 0.2) is 12.2 Å². The van der Waals surface area contributed by atoms with Crippen LogP contribution in [-0.2, 0) is 11.0 Å². The molecule has 2 rings (SSSR count). The van der Waals surface area contributed by atoms with Gasteiger partial charge in [0.05, 0.1) is 6.16 Å². The van der Waals surface area contributed by atoms with E-state index < -0.39 is 13.7 Å². The number of unbranched alkanes of at least 4 members (excludes halogenated alkanes) is 6. The van der Waals surface area contributed by atoms with Crippen molar-refractivity contribution in [1.82, 2.24) is 0 Å². The molecule has 6 heteroatoms. The first-order chi connectivity index (χ1) is 16.0. The molecule has 1 aromatic rings. The Hall–Kier alpha value is -1.29. The molecule has 0 bridgehead atoms. The van der Waals surface area contributed by atoms with E-state index in [0.29, 0.717) is 6.42 Å².